The molecule has 27 heavy (non-hydrogen) atoms. The lowest BCUT2D eigenvalue weighted by atomic mass is 10.3. The molecule has 6 nitrogen and oxygen atoms in total. The molecule has 2 heterocycles. The Morgan fingerprint density at radius 1 is 1.11 bits per heavy atom. The third-order valence-electron chi connectivity index (χ3n) is 4.29. The molecule has 2 amide bonds. The quantitative estimate of drug-likeness (QED) is 0.647. The molecule has 0 radical (unpaired) electrons. The number of amides is 2. The first-order chi connectivity index (χ1) is 12.9. The number of ether oxygens (including phenoxy) is 1. The van der Waals surface area contributed by atoms with Crippen molar-refractivity contribution in [2.24, 2.45) is 0 Å². The number of rotatable bonds is 6. The van der Waals surface area contributed by atoms with Gasteiger partial charge in [0.1, 0.15) is 10.6 Å². The minimum absolute atomic E-state index is 0.302. The predicted molar refractivity (Wildman–Crippen MR) is 109 cm³/mol. The van der Waals surface area contributed by atoms with Gasteiger partial charge in [-0.3, -0.25) is 9.59 Å². The summed E-state index contributed by atoms with van der Waals surface area (Å²) in [5.41, 5.74) is 0.881. The van der Waals surface area contributed by atoms with Crippen LogP contribution in [0.1, 0.15) is 0 Å². The number of imide groups is 1. The Morgan fingerprint density at radius 2 is 1.81 bits per heavy atom. The second kappa shape index (κ2) is 8.84. The number of anilines is 1. The van der Waals surface area contributed by atoms with Crippen LogP contribution in [0.4, 0.5) is 5.69 Å². The summed E-state index contributed by atoms with van der Waals surface area (Å²) in [6.45, 7) is 3.04. The highest BCUT2D eigenvalue weighted by Crippen LogP contribution is 2.37. The van der Waals surface area contributed by atoms with Gasteiger partial charge in [-0.25, -0.2) is 4.90 Å². The zero-order valence-electron chi connectivity index (χ0n) is 15.2. The van der Waals surface area contributed by atoms with Crippen molar-refractivity contribution in [3.05, 3.63) is 38.8 Å². The van der Waals surface area contributed by atoms with Crippen LogP contribution in [0.2, 0.25) is 10.0 Å². The van der Waals surface area contributed by atoms with Crippen molar-refractivity contribution in [2.75, 3.05) is 57.6 Å². The van der Waals surface area contributed by atoms with E-state index in [0.29, 0.717) is 58.4 Å². The molecule has 0 saturated carbocycles. The summed E-state index contributed by atoms with van der Waals surface area (Å²) in [5.74, 6) is 0.0704. The van der Waals surface area contributed by atoms with Crippen molar-refractivity contribution in [3.63, 3.8) is 0 Å². The lowest BCUT2D eigenvalue weighted by Crippen LogP contribution is -2.40. The highest BCUT2D eigenvalue weighted by Gasteiger charge is 2.42. The van der Waals surface area contributed by atoms with Gasteiger partial charge < -0.3 is 14.5 Å². The monoisotopic (exact) mass is 429 g/mol. The number of nitrogens with zero attached hydrogens (tertiary/aromatic N) is 3. The van der Waals surface area contributed by atoms with Crippen molar-refractivity contribution >= 4 is 52.5 Å². The van der Waals surface area contributed by atoms with Gasteiger partial charge in [0.05, 0.1) is 28.9 Å². The van der Waals surface area contributed by atoms with Gasteiger partial charge in [-0.05, 0) is 32.3 Å². The number of morpholine rings is 1. The van der Waals surface area contributed by atoms with E-state index in [1.807, 2.05) is 23.9 Å². The van der Waals surface area contributed by atoms with Crippen molar-refractivity contribution in [2.45, 2.75) is 0 Å². The Labute approximate surface area is 173 Å². The molecule has 0 atom stereocenters. The molecule has 0 unspecified atom stereocenters. The van der Waals surface area contributed by atoms with E-state index in [0.717, 1.165) is 6.54 Å². The van der Waals surface area contributed by atoms with E-state index in [1.165, 1.54) is 16.7 Å². The first-order valence-corrected chi connectivity index (χ1v) is 10.3. The van der Waals surface area contributed by atoms with Crippen molar-refractivity contribution in [1.29, 1.82) is 0 Å². The SMILES string of the molecule is CN(C)CCSC1=C(N2CCOCC2)C(=O)N(c2ccc(Cl)c(Cl)c2)C1=O. The Hall–Kier alpha value is -1.25. The zero-order valence-corrected chi connectivity index (χ0v) is 17.5. The fraction of sp³-hybridized carbons (Fsp3) is 0.444. The fourth-order valence-electron chi connectivity index (χ4n) is 2.88. The average Bonchev–Trinajstić information content (AvgIpc) is 2.88. The van der Waals surface area contributed by atoms with Gasteiger partial charge in [-0.2, -0.15) is 0 Å². The molecule has 1 saturated heterocycles. The standard InChI is InChI=1S/C18H21Cl2N3O3S/c1-21(2)7-10-27-16-15(22-5-8-26-9-6-22)17(24)23(18(16)25)12-3-4-13(19)14(20)11-12/h3-4,11H,5-10H2,1-2H3. The lowest BCUT2D eigenvalue weighted by Gasteiger charge is -2.29. The predicted octanol–water partition coefficient (Wildman–Crippen LogP) is 2.71. The molecule has 2 aliphatic heterocycles. The summed E-state index contributed by atoms with van der Waals surface area (Å²) in [5, 5.41) is 0.679. The fourth-order valence-corrected chi connectivity index (χ4v) is 4.40. The normalized spacial score (nSPS) is 18.3. The molecule has 146 valence electrons. The van der Waals surface area contributed by atoms with E-state index >= 15 is 0 Å². The van der Waals surface area contributed by atoms with Gasteiger partial charge in [0.15, 0.2) is 0 Å². The Bertz CT molecular complexity index is 779. The summed E-state index contributed by atoms with van der Waals surface area (Å²) < 4.78 is 5.39. The highest BCUT2D eigenvalue weighted by atomic mass is 35.5. The molecule has 0 aliphatic carbocycles. The maximum absolute atomic E-state index is 13.2. The molecule has 1 aromatic rings. The van der Waals surface area contributed by atoms with Gasteiger partial charge in [-0.15, -0.1) is 11.8 Å². The number of hydrogen-bond acceptors (Lipinski definition) is 6. The van der Waals surface area contributed by atoms with Gasteiger partial charge in [-0.1, -0.05) is 23.2 Å². The van der Waals surface area contributed by atoms with Gasteiger partial charge in [0.25, 0.3) is 11.8 Å². The van der Waals surface area contributed by atoms with E-state index in [9.17, 15) is 9.59 Å². The molecule has 1 aromatic carbocycles. The van der Waals surface area contributed by atoms with E-state index in [1.54, 1.807) is 18.2 Å². The van der Waals surface area contributed by atoms with Crippen molar-refractivity contribution in [1.82, 2.24) is 9.80 Å². The molecule has 2 aliphatic rings. The van der Waals surface area contributed by atoms with Gasteiger partial charge in [0.2, 0.25) is 0 Å². The molecule has 0 N–H and O–H groups in total. The Kier molecular flexibility index (Phi) is 6.70. The number of halogens is 2. The van der Waals surface area contributed by atoms with Gasteiger partial charge in [0, 0.05) is 25.4 Å². The molecule has 3 rings (SSSR count). The van der Waals surface area contributed by atoms with Crippen LogP contribution >= 0.6 is 35.0 Å². The molecule has 0 spiro atoms. The minimum Gasteiger partial charge on any atom is -0.378 e. The molecule has 9 heteroatoms. The first-order valence-electron chi connectivity index (χ1n) is 8.58. The summed E-state index contributed by atoms with van der Waals surface area (Å²) in [7, 11) is 3.95. The summed E-state index contributed by atoms with van der Waals surface area (Å²) in [4.78, 5) is 32.0. The zero-order chi connectivity index (χ0) is 19.6. The minimum atomic E-state index is -0.326. The summed E-state index contributed by atoms with van der Waals surface area (Å²) in [6.07, 6.45) is 0. The van der Waals surface area contributed by atoms with Crippen molar-refractivity contribution < 1.29 is 14.3 Å². The molecular formula is C18H21Cl2N3O3S. The average molecular weight is 430 g/mol. The second-order valence-electron chi connectivity index (χ2n) is 6.47. The van der Waals surface area contributed by atoms with E-state index in [-0.39, 0.29) is 11.8 Å². The number of hydrogen-bond donors (Lipinski definition) is 0. The largest absolute Gasteiger partial charge is 0.378 e. The van der Waals surface area contributed by atoms with Crippen LogP contribution in [0.5, 0.6) is 0 Å². The topological polar surface area (TPSA) is 53.1 Å². The number of carbonyl (C=O) groups excluding carboxylic acids is 2. The Morgan fingerprint density at radius 3 is 2.44 bits per heavy atom. The van der Waals surface area contributed by atoms with Crippen LogP contribution < -0.4 is 4.90 Å². The highest BCUT2D eigenvalue weighted by molar-refractivity contribution is 8.04. The van der Waals surface area contributed by atoms with Crippen LogP contribution in [0.15, 0.2) is 28.8 Å². The maximum atomic E-state index is 13.2. The van der Waals surface area contributed by atoms with Crippen LogP contribution in [-0.2, 0) is 14.3 Å². The number of carbonyl (C=O) groups is 2. The first kappa shape index (κ1) is 20.5. The second-order valence-corrected chi connectivity index (χ2v) is 8.39. The smallest absolute Gasteiger partial charge is 0.283 e. The number of thioether (sulfide) groups is 1. The van der Waals surface area contributed by atoms with Crippen LogP contribution in [0.25, 0.3) is 0 Å². The van der Waals surface area contributed by atoms with E-state index in [4.69, 9.17) is 27.9 Å². The van der Waals surface area contributed by atoms with Crippen LogP contribution in [0, 0.1) is 0 Å². The third kappa shape index (κ3) is 4.43. The van der Waals surface area contributed by atoms with E-state index in [2.05, 4.69) is 0 Å². The van der Waals surface area contributed by atoms with E-state index < -0.39 is 0 Å². The third-order valence-corrected chi connectivity index (χ3v) is 6.07. The van der Waals surface area contributed by atoms with Gasteiger partial charge >= 0.3 is 0 Å². The maximum Gasteiger partial charge on any atom is 0.283 e. The van der Waals surface area contributed by atoms with Crippen molar-refractivity contribution in [3.8, 4) is 0 Å². The number of benzene rings is 1. The molecule has 0 bridgehead atoms. The molecule has 0 aromatic heterocycles. The molecular weight excluding hydrogens is 409 g/mol. The van der Waals surface area contributed by atoms with Crippen LogP contribution in [-0.4, -0.2) is 74.3 Å². The van der Waals surface area contributed by atoms with Crippen LogP contribution in [0.3, 0.4) is 0 Å². The Balaban J connectivity index is 1.92. The summed E-state index contributed by atoms with van der Waals surface area (Å²) in [6, 6.07) is 4.77. The lowest BCUT2D eigenvalue weighted by molar-refractivity contribution is -0.121. The molecule has 1 fully saturated rings. The summed E-state index contributed by atoms with van der Waals surface area (Å²) >= 11 is 13.5.